The molecule has 0 radical (unpaired) electrons. The van der Waals surface area contributed by atoms with Gasteiger partial charge in [0.1, 0.15) is 0 Å². The number of nitrogens with zero attached hydrogens (tertiary/aromatic N) is 2. The van der Waals surface area contributed by atoms with Gasteiger partial charge in [-0.15, -0.1) is 0 Å². The maximum absolute atomic E-state index is 5.93. The molecule has 2 heterocycles. The summed E-state index contributed by atoms with van der Waals surface area (Å²) in [5.41, 5.74) is 7.03. The number of nitrogens with one attached hydrogen (secondary N) is 1. The number of H-pyrrole nitrogens is 1. The molecular weight excluding hydrogens is 164 g/mol. The van der Waals surface area contributed by atoms with Crippen LogP contribution < -0.4 is 10.6 Å². The molecule has 1 fully saturated rings. The minimum absolute atomic E-state index is 0.283. The van der Waals surface area contributed by atoms with Gasteiger partial charge < -0.3 is 15.6 Å². The van der Waals surface area contributed by atoms with Gasteiger partial charge in [0, 0.05) is 31.0 Å². The maximum atomic E-state index is 5.93. The van der Waals surface area contributed by atoms with Crippen molar-refractivity contribution in [2.75, 3.05) is 18.0 Å². The Hall–Kier alpha value is -1.03. The highest BCUT2D eigenvalue weighted by atomic mass is 15.3. The van der Waals surface area contributed by atoms with E-state index in [9.17, 15) is 0 Å². The van der Waals surface area contributed by atoms with Crippen LogP contribution in [0.1, 0.15) is 12.6 Å². The van der Waals surface area contributed by atoms with Gasteiger partial charge in [0.25, 0.3) is 0 Å². The van der Waals surface area contributed by atoms with E-state index in [1.54, 1.807) is 0 Å². The van der Waals surface area contributed by atoms with Gasteiger partial charge in [-0.1, -0.05) is 6.92 Å². The molecule has 3 N–H and O–H groups in total. The van der Waals surface area contributed by atoms with Crippen LogP contribution in [-0.4, -0.2) is 29.1 Å². The zero-order chi connectivity index (χ0) is 9.42. The number of imidazole rings is 1. The van der Waals surface area contributed by atoms with Gasteiger partial charge in [-0.25, -0.2) is 4.98 Å². The minimum atomic E-state index is 0.283. The largest absolute Gasteiger partial charge is 0.341 e. The molecule has 13 heavy (non-hydrogen) atoms. The summed E-state index contributed by atoms with van der Waals surface area (Å²) < 4.78 is 0. The molecule has 4 nitrogen and oxygen atoms in total. The Balaban J connectivity index is 2.11. The summed E-state index contributed by atoms with van der Waals surface area (Å²) in [4.78, 5) is 9.71. The third-order valence-corrected chi connectivity index (χ3v) is 2.66. The van der Waals surface area contributed by atoms with Crippen LogP contribution in [0.4, 0.5) is 5.95 Å². The first-order valence-electron chi connectivity index (χ1n) is 4.69. The summed E-state index contributed by atoms with van der Waals surface area (Å²) in [7, 11) is 0. The van der Waals surface area contributed by atoms with E-state index in [2.05, 4.69) is 21.8 Å². The number of hydrogen-bond donors (Lipinski definition) is 2. The highest BCUT2D eigenvalue weighted by Gasteiger charge is 2.27. The SMILES string of the molecule is Cc1cnc(N2CC(C)C(N)C2)[nH]1. The molecule has 0 spiro atoms. The fraction of sp³-hybridized carbons (Fsp3) is 0.667. The van der Waals surface area contributed by atoms with Crippen molar-refractivity contribution in [1.82, 2.24) is 9.97 Å². The monoisotopic (exact) mass is 180 g/mol. The molecule has 0 bridgehead atoms. The lowest BCUT2D eigenvalue weighted by molar-refractivity contribution is 0.566. The molecule has 1 saturated heterocycles. The summed E-state index contributed by atoms with van der Waals surface area (Å²) in [6.45, 7) is 6.11. The summed E-state index contributed by atoms with van der Waals surface area (Å²) in [6, 6.07) is 0.283. The third-order valence-electron chi connectivity index (χ3n) is 2.66. The van der Waals surface area contributed by atoms with Crippen LogP contribution in [0, 0.1) is 12.8 Å². The molecule has 0 saturated carbocycles. The second kappa shape index (κ2) is 3.03. The first kappa shape index (κ1) is 8.56. The molecule has 2 rings (SSSR count). The van der Waals surface area contributed by atoms with Crippen molar-refractivity contribution >= 4 is 5.95 Å². The van der Waals surface area contributed by atoms with Gasteiger partial charge in [-0.05, 0) is 12.8 Å². The Kier molecular flexibility index (Phi) is 2.00. The van der Waals surface area contributed by atoms with Crippen molar-refractivity contribution < 1.29 is 0 Å². The van der Waals surface area contributed by atoms with Crippen molar-refractivity contribution in [2.24, 2.45) is 11.7 Å². The fourth-order valence-corrected chi connectivity index (χ4v) is 1.72. The normalized spacial score (nSPS) is 28.4. The second-order valence-corrected chi connectivity index (χ2v) is 3.94. The van der Waals surface area contributed by atoms with E-state index < -0.39 is 0 Å². The lowest BCUT2D eigenvalue weighted by Gasteiger charge is -2.13. The predicted octanol–water partition coefficient (Wildman–Crippen LogP) is 0.502. The van der Waals surface area contributed by atoms with Gasteiger partial charge in [-0.3, -0.25) is 0 Å². The molecule has 4 heteroatoms. The molecule has 1 aromatic rings. The molecule has 1 aromatic heterocycles. The van der Waals surface area contributed by atoms with E-state index in [1.165, 1.54) is 0 Å². The molecule has 0 aromatic carbocycles. The zero-order valence-electron chi connectivity index (χ0n) is 8.12. The van der Waals surface area contributed by atoms with Gasteiger partial charge in [0.05, 0.1) is 0 Å². The Labute approximate surface area is 78.1 Å². The summed E-state index contributed by atoms with van der Waals surface area (Å²) >= 11 is 0. The topological polar surface area (TPSA) is 57.9 Å². The Morgan fingerprint density at radius 3 is 2.85 bits per heavy atom. The van der Waals surface area contributed by atoms with Crippen molar-refractivity contribution in [2.45, 2.75) is 19.9 Å². The minimum Gasteiger partial charge on any atom is -0.341 e. The Morgan fingerprint density at radius 1 is 1.62 bits per heavy atom. The van der Waals surface area contributed by atoms with Crippen LogP contribution in [-0.2, 0) is 0 Å². The summed E-state index contributed by atoms with van der Waals surface area (Å²) in [6.07, 6.45) is 1.85. The zero-order valence-corrected chi connectivity index (χ0v) is 8.12. The molecule has 72 valence electrons. The number of anilines is 1. The maximum Gasteiger partial charge on any atom is 0.203 e. The molecular formula is C9H16N4. The van der Waals surface area contributed by atoms with Crippen LogP contribution in [0.5, 0.6) is 0 Å². The number of aromatic amines is 1. The van der Waals surface area contributed by atoms with Crippen LogP contribution in [0.25, 0.3) is 0 Å². The molecule has 1 aliphatic heterocycles. The quantitative estimate of drug-likeness (QED) is 0.661. The first-order valence-corrected chi connectivity index (χ1v) is 4.69. The standard InChI is InChI=1S/C9H16N4/c1-6-4-13(5-8(6)10)9-11-3-7(2)12-9/h3,6,8H,4-5,10H2,1-2H3,(H,11,12). The summed E-state index contributed by atoms with van der Waals surface area (Å²) in [5.74, 6) is 1.52. The summed E-state index contributed by atoms with van der Waals surface area (Å²) in [5, 5.41) is 0. The van der Waals surface area contributed by atoms with Crippen LogP contribution in [0.3, 0.4) is 0 Å². The van der Waals surface area contributed by atoms with Gasteiger partial charge in [-0.2, -0.15) is 0 Å². The fourth-order valence-electron chi connectivity index (χ4n) is 1.72. The molecule has 0 aliphatic carbocycles. The van der Waals surface area contributed by atoms with E-state index in [1.807, 2.05) is 13.1 Å². The van der Waals surface area contributed by atoms with Crippen LogP contribution in [0.15, 0.2) is 6.20 Å². The first-order chi connectivity index (χ1) is 6.16. The van der Waals surface area contributed by atoms with Gasteiger partial charge >= 0.3 is 0 Å². The number of rotatable bonds is 1. The molecule has 2 atom stereocenters. The van der Waals surface area contributed by atoms with Crippen molar-refractivity contribution in [1.29, 1.82) is 0 Å². The van der Waals surface area contributed by atoms with E-state index >= 15 is 0 Å². The van der Waals surface area contributed by atoms with E-state index in [0.29, 0.717) is 5.92 Å². The predicted molar refractivity (Wildman–Crippen MR) is 52.7 cm³/mol. The lowest BCUT2D eigenvalue weighted by atomic mass is 10.1. The smallest absolute Gasteiger partial charge is 0.203 e. The van der Waals surface area contributed by atoms with Crippen LogP contribution >= 0.6 is 0 Å². The Bertz CT molecular complexity index is 284. The number of aryl methyl sites for hydroxylation is 1. The number of nitrogens with two attached hydrogens (primary N) is 1. The van der Waals surface area contributed by atoms with Crippen molar-refractivity contribution in [3.8, 4) is 0 Å². The van der Waals surface area contributed by atoms with E-state index in [-0.39, 0.29) is 6.04 Å². The van der Waals surface area contributed by atoms with Crippen LogP contribution in [0.2, 0.25) is 0 Å². The van der Waals surface area contributed by atoms with E-state index in [4.69, 9.17) is 5.73 Å². The number of hydrogen-bond acceptors (Lipinski definition) is 3. The molecule has 1 aliphatic rings. The lowest BCUT2D eigenvalue weighted by Crippen LogP contribution is -2.28. The molecule has 0 amide bonds. The average Bonchev–Trinajstić information content (AvgIpc) is 2.61. The average molecular weight is 180 g/mol. The Morgan fingerprint density at radius 2 is 2.38 bits per heavy atom. The van der Waals surface area contributed by atoms with Gasteiger partial charge in [0.15, 0.2) is 0 Å². The van der Waals surface area contributed by atoms with Crippen molar-refractivity contribution in [3.63, 3.8) is 0 Å². The van der Waals surface area contributed by atoms with Crippen molar-refractivity contribution in [3.05, 3.63) is 11.9 Å². The van der Waals surface area contributed by atoms with E-state index in [0.717, 1.165) is 24.7 Å². The number of aromatic nitrogens is 2. The third kappa shape index (κ3) is 1.54. The second-order valence-electron chi connectivity index (χ2n) is 3.94. The highest BCUT2D eigenvalue weighted by Crippen LogP contribution is 2.19. The molecule has 2 unspecified atom stereocenters. The highest BCUT2D eigenvalue weighted by molar-refractivity contribution is 5.33. The van der Waals surface area contributed by atoms with Gasteiger partial charge in [0.2, 0.25) is 5.95 Å².